The van der Waals surface area contributed by atoms with Crippen LogP contribution in [0.4, 0.5) is 5.82 Å². The van der Waals surface area contributed by atoms with Crippen LogP contribution in [0.1, 0.15) is 19.1 Å². The second-order valence-electron chi connectivity index (χ2n) is 3.50. The molecule has 0 bridgehead atoms. The molecule has 80 valence electrons. The van der Waals surface area contributed by atoms with Crippen molar-refractivity contribution in [1.82, 2.24) is 10.2 Å². The summed E-state index contributed by atoms with van der Waals surface area (Å²) in [6.07, 6.45) is 1.09. The Labute approximate surface area is 88.7 Å². The second kappa shape index (κ2) is 4.21. The van der Waals surface area contributed by atoms with E-state index in [4.69, 9.17) is 4.42 Å². The van der Waals surface area contributed by atoms with Crippen LogP contribution >= 0.6 is 0 Å². The Morgan fingerprint density at radius 3 is 3.00 bits per heavy atom. The number of nitrogens with zero attached hydrogens (tertiary/aromatic N) is 1. The van der Waals surface area contributed by atoms with Gasteiger partial charge >= 0.3 is 0 Å². The van der Waals surface area contributed by atoms with Crippen molar-refractivity contribution in [2.75, 3.05) is 11.9 Å². The number of hydrogen-bond acceptors (Lipinski definition) is 3. The number of hydrogen-bond donors (Lipinski definition) is 2. The van der Waals surface area contributed by atoms with Crippen LogP contribution in [0.5, 0.6) is 0 Å². The predicted molar refractivity (Wildman–Crippen MR) is 59.8 cm³/mol. The Hall–Kier alpha value is -1.71. The van der Waals surface area contributed by atoms with Gasteiger partial charge in [-0.3, -0.25) is 5.10 Å². The highest BCUT2D eigenvalue weighted by Gasteiger charge is 2.06. The van der Waals surface area contributed by atoms with E-state index < -0.39 is 0 Å². The van der Waals surface area contributed by atoms with E-state index in [0.717, 1.165) is 36.0 Å². The fourth-order valence-corrected chi connectivity index (χ4v) is 1.37. The predicted octanol–water partition coefficient (Wildman–Crippen LogP) is 2.80. The van der Waals surface area contributed by atoms with Gasteiger partial charge in [0.05, 0.1) is 0 Å². The summed E-state index contributed by atoms with van der Waals surface area (Å²) in [6, 6.07) is 5.83. The van der Waals surface area contributed by atoms with Crippen molar-refractivity contribution in [3.63, 3.8) is 0 Å². The number of aryl methyl sites for hydroxylation is 1. The van der Waals surface area contributed by atoms with Crippen LogP contribution in [-0.2, 0) is 0 Å². The van der Waals surface area contributed by atoms with E-state index in [9.17, 15) is 0 Å². The van der Waals surface area contributed by atoms with Gasteiger partial charge in [0.1, 0.15) is 17.3 Å². The van der Waals surface area contributed by atoms with Crippen molar-refractivity contribution in [3.05, 3.63) is 24.0 Å². The van der Waals surface area contributed by atoms with Gasteiger partial charge in [0.25, 0.3) is 0 Å². The first-order valence-corrected chi connectivity index (χ1v) is 5.15. The van der Waals surface area contributed by atoms with Crippen molar-refractivity contribution in [3.8, 4) is 11.5 Å². The van der Waals surface area contributed by atoms with Crippen LogP contribution in [0.2, 0.25) is 0 Å². The maximum atomic E-state index is 5.49. The number of nitrogens with one attached hydrogen (secondary N) is 2. The fraction of sp³-hybridized carbons (Fsp3) is 0.364. The molecule has 2 aromatic rings. The molecule has 0 atom stereocenters. The molecule has 0 radical (unpaired) electrons. The first-order valence-electron chi connectivity index (χ1n) is 5.15. The molecule has 0 saturated heterocycles. The third-order valence-corrected chi connectivity index (χ3v) is 2.14. The van der Waals surface area contributed by atoms with Crippen molar-refractivity contribution in [2.45, 2.75) is 20.3 Å². The summed E-state index contributed by atoms with van der Waals surface area (Å²) in [4.78, 5) is 0. The molecule has 4 heteroatoms. The smallest absolute Gasteiger partial charge is 0.152 e. The molecule has 2 aromatic heterocycles. The minimum Gasteiger partial charge on any atom is -0.460 e. The largest absolute Gasteiger partial charge is 0.460 e. The van der Waals surface area contributed by atoms with Gasteiger partial charge < -0.3 is 9.73 Å². The second-order valence-corrected chi connectivity index (χ2v) is 3.50. The highest BCUT2D eigenvalue weighted by Crippen LogP contribution is 2.21. The van der Waals surface area contributed by atoms with Gasteiger partial charge in [-0.05, 0) is 25.5 Å². The summed E-state index contributed by atoms with van der Waals surface area (Å²) in [5.41, 5.74) is 0.904. The Morgan fingerprint density at radius 2 is 2.33 bits per heavy atom. The summed E-state index contributed by atoms with van der Waals surface area (Å²) in [5, 5.41) is 10.3. The van der Waals surface area contributed by atoms with Crippen molar-refractivity contribution in [2.24, 2.45) is 0 Å². The minimum absolute atomic E-state index is 0.824. The lowest BCUT2D eigenvalue weighted by Gasteiger charge is -1.96. The standard InChI is InChI=1S/C11H15N3O/c1-3-6-12-11-7-9(13-14-11)10-5-4-8(2)15-10/h4-5,7H,3,6H2,1-2H3,(H2,12,13,14). The summed E-state index contributed by atoms with van der Waals surface area (Å²) in [7, 11) is 0. The topological polar surface area (TPSA) is 53.9 Å². The highest BCUT2D eigenvalue weighted by molar-refractivity contribution is 5.57. The van der Waals surface area contributed by atoms with Gasteiger partial charge in [0.2, 0.25) is 0 Å². The van der Waals surface area contributed by atoms with Crippen LogP contribution < -0.4 is 5.32 Å². The lowest BCUT2D eigenvalue weighted by Crippen LogP contribution is -1.99. The molecule has 0 spiro atoms. The minimum atomic E-state index is 0.824. The Morgan fingerprint density at radius 1 is 1.47 bits per heavy atom. The molecule has 15 heavy (non-hydrogen) atoms. The maximum absolute atomic E-state index is 5.49. The highest BCUT2D eigenvalue weighted by atomic mass is 16.3. The molecule has 2 heterocycles. The van der Waals surface area contributed by atoms with Crippen molar-refractivity contribution < 1.29 is 4.42 Å². The SMILES string of the molecule is CCCNc1cc(-c2ccc(C)o2)[nH]n1. The van der Waals surface area contributed by atoms with E-state index in [-0.39, 0.29) is 0 Å². The molecule has 2 rings (SSSR count). The summed E-state index contributed by atoms with van der Waals surface area (Å²) >= 11 is 0. The van der Waals surface area contributed by atoms with Crippen molar-refractivity contribution in [1.29, 1.82) is 0 Å². The van der Waals surface area contributed by atoms with E-state index in [0.29, 0.717) is 0 Å². The molecule has 0 aliphatic carbocycles. The van der Waals surface area contributed by atoms with Crippen LogP contribution in [-0.4, -0.2) is 16.7 Å². The lowest BCUT2D eigenvalue weighted by atomic mass is 10.3. The maximum Gasteiger partial charge on any atom is 0.152 e. The fourth-order valence-electron chi connectivity index (χ4n) is 1.37. The molecule has 0 fully saturated rings. The summed E-state index contributed by atoms with van der Waals surface area (Å²) in [6.45, 7) is 4.98. The van der Waals surface area contributed by atoms with Gasteiger partial charge in [-0.15, -0.1) is 0 Å². The zero-order valence-electron chi connectivity index (χ0n) is 9.00. The third kappa shape index (κ3) is 2.21. The normalized spacial score (nSPS) is 10.5. The Balaban J connectivity index is 2.13. The van der Waals surface area contributed by atoms with E-state index in [1.165, 1.54) is 0 Å². The molecule has 0 unspecified atom stereocenters. The number of rotatable bonds is 4. The average Bonchev–Trinajstić information content (AvgIpc) is 2.83. The van der Waals surface area contributed by atoms with E-state index in [1.807, 2.05) is 25.1 Å². The zero-order chi connectivity index (χ0) is 10.7. The molecule has 0 amide bonds. The van der Waals surface area contributed by atoms with E-state index in [1.54, 1.807) is 0 Å². The van der Waals surface area contributed by atoms with Gasteiger partial charge in [-0.2, -0.15) is 5.10 Å². The molecule has 2 N–H and O–H groups in total. The summed E-state index contributed by atoms with van der Waals surface area (Å²) in [5.74, 6) is 2.59. The Bertz CT molecular complexity index is 430. The van der Waals surface area contributed by atoms with Gasteiger partial charge in [-0.25, -0.2) is 0 Å². The Kier molecular flexibility index (Phi) is 2.76. The van der Waals surface area contributed by atoms with Gasteiger partial charge in [0.15, 0.2) is 5.76 Å². The van der Waals surface area contributed by atoms with Crippen LogP contribution in [0, 0.1) is 6.92 Å². The van der Waals surface area contributed by atoms with Gasteiger partial charge in [0, 0.05) is 12.6 Å². The van der Waals surface area contributed by atoms with Crippen molar-refractivity contribution >= 4 is 5.82 Å². The van der Waals surface area contributed by atoms with Gasteiger partial charge in [-0.1, -0.05) is 6.92 Å². The number of H-pyrrole nitrogens is 1. The molecule has 4 nitrogen and oxygen atoms in total. The quantitative estimate of drug-likeness (QED) is 0.807. The van der Waals surface area contributed by atoms with E-state index in [2.05, 4.69) is 22.4 Å². The molecule has 0 aromatic carbocycles. The number of furan rings is 1. The lowest BCUT2D eigenvalue weighted by molar-refractivity contribution is 0.546. The number of anilines is 1. The first-order chi connectivity index (χ1) is 7.29. The molecule has 0 saturated carbocycles. The molecule has 0 aliphatic rings. The number of aromatic nitrogens is 2. The number of aromatic amines is 1. The van der Waals surface area contributed by atoms with Crippen LogP contribution in [0.3, 0.4) is 0 Å². The molecular weight excluding hydrogens is 190 g/mol. The average molecular weight is 205 g/mol. The third-order valence-electron chi connectivity index (χ3n) is 2.14. The molecular formula is C11H15N3O. The van der Waals surface area contributed by atoms with Crippen LogP contribution in [0.25, 0.3) is 11.5 Å². The first kappa shape index (κ1) is 9.83. The van der Waals surface area contributed by atoms with Crippen LogP contribution in [0.15, 0.2) is 22.6 Å². The molecule has 0 aliphatic heterocycles. The zero-order valence-corrected chi connectivity index (χ0v) is 9.00. The monoisotopic (exact) mass is 205 g/mol. The summed E-state index contributed by atoms with van der Waals surface area (Å²) < 4.78 is 5.49. The van der Waals surface area contributed by atoms with E-state index >= 15 is 0 Å².